The smallest absolute Gasteiger partial charge is 0.260 e. The molecule has 0 fully saturated rings. The molecule has 2 aromatic rings. The van der Waals surface area contributed by atoms with E-state index >= 15 is 0 Å². The predicted octanol–water partition coefficient (Wildman–Crippen LogP) is 4.92. The monoisotopic (exact) mass is 427 g/mol. The standard InChI is InChI=1S/C18H19BrClNO2S/c1-13(23-16-8-6-15(19)7-9-16)18(22)21-10-11-24-12-14-4-2-3-5-17(14)20/h2-9,13H,10-12H2,1H3,(H,21,22)/t13-/m0/s1. The summed E-state index contributed by atoms with van der Waals surface area (Å²) >= 11 is 11.2. The lowest BCUT2D eigenvalue weighted by molar-refractivity contribution is -0.127. The van der Waals surface area contributed by atoms with E-state index < -0.39 is 6.10 Å². The summed E-state index contributed by atoms with van der Waals surface area (Å²) in [6.07, 6.45) is -0.528. The van der Waals surface area contributed by atoms with Crippen LogP contribution in [0.4, 0.5) is 0 Å². The van der Waals surface area contributed by atoms with Gasteiger partial charge in [0.25, 0.3) is 5.91 Å². The van der Waals surface area contributed by atoms with Crippen molar-refractivity contribution in [1.29, 1.82) is 0 Å². The molecule has 0 spiro atoms. The van der Waals surface area contributed by atoms with Crippen molar-refractivity contribution in [3.05, 3.63) is 63.6 Å². The molecule has 2 aromatic carbocycles. The van der Waals surface area contributed by atoms with E-state index in [-0.39, 0.29) is 5.91 Å². The van der Waals surface area contributed by atoms with Crippen LogP contribution in [-0.4, -0.2) is 24.3 Å². The fourth-order valence-corrected chi connectivity index (χ4v) is 3.37. The summed E-state index contributed by atoms with van der Waals surface area (Å²) in [7, 11) is 0. The van der Waals surface area contributed by atoms with Crippen molar-refractivity contribution < 1.29 is 9.53 Å². The number of hydrogen-bond acceptors (Lipinski definition) is 3. The second-order valence-corrected chi connectivity index (χ2v) is 7.58. The summed E-state index contributed by atoms with van der Waals surface area (Å²) in [5.74, 6) is 2.22. The molecule has 2 rings (SSSR count). The largest absolute Gasteiger partial charge is 0.481 e. The highest BCUT2D eigenvalue weighted by Gasteiger charge is 2.13. The second-order valence-electron chi connectivity index (χ2n) is 5.15. The molecule has 1 N–H and O–H groups in total. The fraction of sp³-hybridized carbons (Fsp3) is 0.278. The van der Waals surface area contributed by atoms with Crippen molar-refractivity contribution in [3.8, 4) is 5.75 Å². The number of amides is 1. The third-order valence-electron chi connectivity index (χ3n) is 3.26. The normalized spacial score (nSPS) is 11.8. The number of benzene rings is 2. The number of thioether (sulfide) groups is 1. The summed E-state index contributed by atoms with van der Waals surface area (Å²) in [6, 6.07) is 15.2. The van der Waals surface area contributed by atoms with Gasteiger partial charge < -0.3 is 10.1 Å². The maximum atomic E-state index is 12.0. The van der Waals surface area contributed by atoms with Gasteiger partial charge in [0.2, 0.25) is 0 Å². The molecule has 24 heavy (non-hydrogen) atoms. The van der Waals surface area contributed by atoms with Gasteiger partial charge in [-0.1, -0.05) is 45.7 Å². The molecule has 1 amide bonds. The number of halogens is 2. The number of nitrogens with one attached hydrogen (secondary N) is 1. The van der Waals surface area contributed by atoms with Gasteiger partial charge in [0.15, 0.2) is 6.10 Å². The summed E-state index contributed by atoms with van der Waals surface area (Å²) in [4.78, 5) is 12.0. The first-order valence-electron chi connectivity index (χ1n) is 7.57. The summed E-state index contributed by atoms with van der Waals surface area (Å²) in [5.41, 5.74) is 1.11. The minimum absolute atomic E-state index is 0.115. The van der Waals surface area contributed by atoms with E-state index in [1.54, 1.807) is 18.7 Å². The number of rotatable bonds is 8. The van der Waals surface area contributed by atoms with Crippen LogP contribution in [0.1, 0.15) is 12.5 Å². The average molecular weight is 429 g/mol. The maximum Gasteiger partial charge on any atom is 0.260 e. The highest BCUT2D eigenvalue weighted by atomic mass is 79.9. The number of hydrogen-bond donors (Lipinski definition) is 1. The molecular weight excluding hydrogens is 410 g/mol. The third kappa shape index (κ3) is 6.38. The SMILES string of the molecule is C[C@H](Oc1ccc(Br)cc1)C(=O)NCCSCc1ccccc1Cl. The van der Waals surface area contributed by atoms with Crippen LogP contribution in [0.3, 0.4) is 0 Å². The summed E-state index contributed by atoms with van der Waals surface area (Å²) in [5, 5.41) is 3.67. The van der Waals surface area contributed by atoms with Gasteiger partial charge in [-0.05, 0) is 42.8 Å². The molecule has 0 aromatic heterocycles. The van der Waals surface area contributed by atoms with E-state index in [1.165, 1.54) is 0 Å². The molecule has 0 unspecified atom stereocenters. The van der Waals surface area contributed by atoms with Gasteiger partial charge in [-0.2, -0.15) is 11.8 Å². The van der Waals surface area contributed by atoms with Gasteiger partial charge in [-0.15, -0.1) is 0 Å². The lowest BCUT2D eigenvalue weighted by atomic mass is 10.2. The number of carbonyl (C=O) groups is 1. The predicted molar refractivity (Wildman–Crippen MR) is 105 cm³/mol. The van der Waals surface area contributed by atoms with Crippen LogP contribution in [-0.2, 0) is 10.5 Å². The molecule has 128 valence electrons. The Balaban J connectivity index is 1.65. The lowest BCUT2D eigenvalue weighted by Gasteiger charge is -2.14. The topological polar surface area (TPSA) is 38.3 Å². The molecule has 3 nitrogen and oxygen atoms in total. The van der Waals surface area contributed by atoms with Gasteiger partial charge in [0.05, 0.1) is 0 Å². The zero-order valence-electron chi connectivity index (χ0n) is 13.3. The zero-order chi connectivity index (χ0) is 17.4. The Morgan fingerprint density at radius 3 is 2.67 bits per heavy atom. The first kappa shape index (κ1) is 19.2. The van der Waals surface area contributed by atoms with Crippen molar-refractivity contribution in [2.75, 3.05) is 12.3 Å². The van der Waals surface area contributed by atoms with Gasteiger partial charge in [-0.3, -0.25) is 4.79 Å². The van der Waals surface area contributed by atoms with Crippen LogP contribution >= 0.6 is 39.3 Å². The summed E-state index contributed by atoms with van der Waals surface area (Å²) < 4.78 is 6.59. The van der Waals surface area contributed by atoms with E-state index in [0.29, 0.717) is 12.3 Å². The van der Waals surface area contributed by atoms with Gasteiger partial charge in [0, 0.05) is 27.5 Å². The van der Waals surface area contributed by atoms with Crippen molar-refractivity contribution in [1.82, 2.24) is 5.32 Å². The van der Waals surface area contributed by atoms with E-state index in [1.807, 2.05) is 48.5 Å². The number of carbonyl (C=O) groups excluding carboxylic acids is 1. The molecule has 0 radical (unpaired) electrons. The molecule has 0 saturated heterocycles. The molecule has 0 aliphatic heterocycles. The maximum absolute atomic E-state index is 12.0. The van der Waals surface area contributed by atoms with E-state index in [0.717, 1.165) is 26.6 Å². The van der Waals surface area contributed by atoms with Crippen molar-refractivity contribution >= 4 is 45.2 Å². The molecular formula is C18H19BrClNO2S. The van der Waals surface area contributed by atoms with Crippen LogP contribution in [0.15, 0.2) is 53.0 Å². The first-order chi connectivity index (χ1) is 11.6. The first-order valence-corrected chi connectivity index (χ1v) is 9.90. The van der Waals surface area contributed by atoms with Crippen LogP contribution in [0, 0.1) is 0 Å². The molecule has 0 aliphatic rings. The lowest BCUT2D eigenvalue weighted by Crippen LogP contribution is -2.37. The van der Waals surface area contributed by atoms with Crippen LogP contribution in [0.25, 0.3) is 0 Å². The Hall–Kier alpha value is -1.17. The minimum Gasteiger partial charge on any atom is -0.481 e. The Kier molecular flexibility index (Phi) is 7.95. The minimum atomic E-state index is -0.528. The Labute approximate surface area is 160 Å². The Morgan fingerprint density at radius 1 is 1.25 bits per heavy atom. The van der Waals surface area contributed by atoms with Crippen LogP contribution in [0.2, 0.25) is 5.02 Å². The highest BCUT2D eigenvalue weighted by molar-refractivity contribution is 9.10. The number of ether oxygens (including phenoxy) is 1. The highest BCUT2D eigenvalue weighted by Crippen LogP contribution is 2.20. The van der Waals surface area contributed by atoms with Crippen LogP contribution < -0.4 is 10.1 Å². The molecule has 1 atom stereocenters. The zero-order valence-corrected chi connectivity index (χ0v) is 16.5. The molecule has 0 heterocycles. The average Bonchev–Trinajstić information content (AvgIpc) is 2.58. The van der Waals surface area contributed by atoms with Crippen LogP contribution in [0.5, 0.6) is 5.75 Å². The summed E-state index contributed by atoms with van der Waals surface area (Å²) in [6.45, 7) is 2.34. The molecule has 0 saturated carbocycles. The Morgan fingerprint density at radius 2 is 1.96 bits per heavy atom. The molecule has 0 aliphatic carbocycles. The van der Waals surface area contributed by atoms with Gasteiger partial charge in [-0.25, -0.2) is 0 Å². The van der Waals surface area contributed by atoms with Gasteiger partial charge in [0.1, 0.15) is 5.75 Å². The molecule has 0 bridgehead atoms. The Bertz CT molecular complexity index is 666. The quantitative estimate of drug-likeness (QED) is 0.607. The third-order valence-corrected chi connectivity index (χ3v) is 5.16. The van der Waals surface area contributed by atoms with Gasteiger partial charge >= 0.3 is 0 Å². The fourth-order valence-electron chi connectivity index (χ4n) is 1.96. The van der Waals surface area contributed by atoms with E-state index in [4.69, 9.17) is 16.3 Å². The van der Waals surface area contributed by atoms with Crippen molar-refractivity contribution in [2.45, 2.75) is 18.8 Å². The molecule has 6 heteroatoms. The van der Waals surface area contributed by atoms with Crippen molar-refractivity contribution in [3.63, 3.8) is 0 Å². The van der Waals surface area contributed by atoms with E-state index in [9.17, 15) is 4.79 Å². The second kappa shape index (κ2) is 9.97. The van der Waals surface area contributed by atoms with Crippen molar-refractivity contribution in [2.24, 2.45) is 0 Å². The van der Waals surface area contributed by atoms with E-state index in [2.05, 4.69) is 21.2 Å².